The molecule has 0 amide bonds. The van der Waals surface area contributed by atoms with E-state index < -0.39 is 5.97 Å². The number of allylic oxidation sites excluding steroid dienone is 1. The van der Waals surface area contributed by atoms with Gasteiger partial charge in [-0.1, -0.05) is 47.5 Å². The number of hydrogen-bond acceptors (Lipinski definition) is 3. The van der Waals surface area contributed by atoms with Crippen molar-refractivity contribution in [2.45, 2.75) is 6.92 Å². The lowest BCUT2D eigenvalue weighted by atomic mass is 10.1. The summed E-state index contributed by atoms with van der Waals surface area (Å²) in [5, 5.41) is 0.999. The molecular formula is C23H16Cl2O3. The van der Waals surface area contributed by atoms with E-state index in [-0.39, 0.29) is 5.78 Å². The second-order valence-corrected chi connectivity index (χ2v) is 6.94. The first-order chi connectivity index (χ1) is 13.4. The molecule has 0 heterocycles. The number of aryl methyl sites for hydroxylation is 1. The van der Waals surface area contributed by atoms with Gasteiger partial charge in [0.05, 0.1) is 5.56 Å². The topological polar surface area (TPSA) is 43.4 Å². The summed E-state index contributed by atoms with van der Waals surface area (Å²) in [4.78, 5) is 24.6. The van der Waals surface area contributed by atoms with E-state index in [1.54, 1.807) is 60.7 Å². The van der Waals surface area contributed by atoms with Crippen LogP contribution in [-0.4, -0.2) is 11.8 Å². The zero-order chi connectivity index (χ0) is 20.1. The van der Waals surface area contributed by atoms with Crippen molar-refractivity contribution >= 4 is 41.0 Å². The summed E-state index contributed by atoms with van der Waals surface area (Å²) in [6.07, 6.45) is 3.07. The molecule has 0 saturated heterocycles. The second kappa shape index (κ2) is 8.87. The average molecular weight is 411 g/mol. The Labute approximate surface area is 173 Å². The Kier molecular flexibility index (Phi) is 6.30. The number of esters is 1. The number of halogens is 2. The maximum absolute atomic E-state index is 12.3. The van der Waals surface area contributed by atoms with Crippen molar-refractivity contribution in [3.63, 3.8) is 0 Å². The van der Waals surface area contributed by atoms with Gasteiger partial charge >= 0.3 is 5.97 Å². The molecule has 0 aliphatic carbocycles. The van der Waals surface area contributed by atoms with Crippen LogP contribution in [0.5, 0.6) is 5.75 Å². The molecule has 0 N–H and O–H groups in total. The normalized spacial score (nSPS) is 10.8. The van der Waals surface area contributed by atoms with E-state index in [9.17, 15) is 9.59 Å². The molecule has 0 fully saturated rings. The van der Waals surface area contributed by atoms with Crippen LogP contribution in [0.15, 0.2) is 72.8 Å². The van der Waals surface area contributed by atoms with Gasteiger partial charge in [-0.15, -0.1) is 0 Å². The SMILES string of the molecule is Cc1ccccc1C(=O)Oc1ccc(C(=O)C=Cc2ccc(Cl)cc2Cl)cc1. The zero-order valence-electron chi connectivity index (χ0n) is 15.0. The number of ether oxygens (including phenoxy) is 1. The second-order valence-electron chi connectivity index (χ2n) is 6.09. The molecule has 0 atom stereocenters. The molecule has 0 radical (unpaired) electrons. The van der Waals surface area contributed by atoms with Gasteiger partial charge in [-0.05, 0) is 72.7 Å². The first kappa shape index (κ1) is 19.9. The van der Waals surface area contributed by atoms with Gasteiger partial charge in [-0.3, -0.25) is 4.79 Å². The predicted octanol–water partition coefficient (Wildman–Crippen LogP) is 6.42. The smallest absolute Gasteiger partial charge is 0.343 e. The summed E-state index contributed by atoms with van der Waals surface area (Å²) >= 11 is 12.0. The third kappa shape index (κ3) is 4.89. The Bertz CT molecular complexity index is 1050. The first-order valence-corrected chi connectivity index (χ1v) is 9.25. The van der Waals surface area contributed by atoms with Crippen molar-refractivity contribution in [3.8, 4) is 5.75 Å². The fourth-order valence-electron chi connectivity index (χ4n) is 2.55. The minimum Gasteiger partial charge on any atom is -0.423 e. The molecule has 3 aromatic rings. The van der Waals surface area contributed by atoms with Crippen LogP contribution in [0.1, 0.15) is 31.8 Å². The van der Waals surface area contributed by atoms with Gasteiger partial charge in [0.1, 0.15) is 5.75 Å². The van der Waals surface area contributed by atoms with Crippen LogP contribution in [0.25, 0.3) is 6.08 Å². The summed E-state index contributed by atoms with van der Waals surface area (Å²) < 4.78 is 5.37. The van der Waals surface area contributed by atoms with Crippen LogP contribution in [-0.2, 0) is 0 Å². The number of hydrogen-bond donors (Lipinski definition) is 0. The van der Waals surface area contributed by atoms with Crippen molar-refractivity contribution in [3.05, 3.63) is 105 Å². The van der Waals surface area contributed by atoms with Crippen molar-refractivity contribution in [2.75, 3.05) is 0 Å². The average Bonchev–Trinajstić information content (AvgIpc) is 2.68. The van der Waals surface area contributed by atoms with Crippen LogP contribution in [0.4, 0.5) is 0 Å². The van der Waals surface area contributed by atoms with E-state index in [2.05, 4.69) is 0 Å². The van der Waals surface area contributed by atoms with E-state index >= 15 is 0 Å². The number of carbonyl (C=O) groups excluding carboxylic acids is 2. The highest BCUT2D eigenvalue weighted by molar-refractivity contribution is 6.35. The minimum absolute atomic E-state index is 0.192. The number of rotatable bonds is 5. The van der Waals surface area contributed by atoms with Crippen molar-refractivity contribution in [2.24, 2.45) is 0 Å². The Morgan fingerprint density at radius 1 is 0.929 bits per heavy atom. The largest absolute Gasteiger partial charge is 0.423 e. The van der Waals surface area contributed by atoms with Crippen molar-refractivity contribution in [1.82, 2.24) is 0 Å². The summed E-state index contributed by atoms with van der Waals surface area (Å²) in [5.74, 6) is -0.258. The number of benzene rings is 3. The predicted molar refractivity (Wildman–Crippen MR) is 112 cm³/mol. The van der Waals surface area contributed by atoms with Gasteiger partial charge < -0.3 is 4.74 Å². The molecule has 3 nitrogen and oxygen atoms in total. The van der Waals surface area contributed by atoms with Crippen LogP contribution >= 0.6 is 23.2 Å². The van der Waals surface area contributed by atoms with E-state index in [0.717, 1.165) is 5.56 Å². The number of carbonyl (C=O) groups is 2. The molecule has 0 aliphatic heterocycles. The van der Waals surface area contributed by atoms with Gasteiger partial charge in [-0.25, -0.2) is 4.79 Å². The van der Waals surface area contributed by atoms with E-state index in [1.807, 2.05) is 19.1 Å². The Balaban J connectivity index is 1.68. The molecule has 0 aromatic heterocycles. The molecular weight excluding hydrogens is 395 g/mol. The number of ketones is 1. The molecule has 0 spiro atoms. The molecule has 5 heteroatoms. The van der Waals surface area contributed by atoms with Gasteiger partial charge in [0.2, 0.25) is 0 Å². The summed E-state index contributed by atoms with van der Waals surface area (Å²) in [6, 6.07) is 18.6. The van der Waals surface area contributed by atoms with Crippen LogP contribution in [0.2, 0.25) is 10.0 Å². The first-order valence-electron chi connectivity index (χ1n) is 8.49. The maximum atomic E-state index is 12.3. The maximum Gasteiger partial charge on any atom is 0.343 e. The monoisotopic (exact) mass is 410 g/mol. The minimum atomic E-state index is -0.436. The highest BCUT2D eigenvalue weighted by Crippen LogP contribution is 2.22. The molecule has 0 unspecified atom stereocenters. The molecule has 0 aliphatic rings. The zero-order valence-corrected chi connectivity index (χ0v) is 16.5. The van der Waals surface area contributed by atoms with E-state index in [0.29, 0.717) is 32.5 Å². The van der Waals surface area contributed by atoms with Gasteiger partial charge in [0.25, 0.3) is 0 Å². The van der Waals surface area contributed by atoms with Gasteiger partial charge in [0, 0.05) is 15.6 Å². The fourth-order valence-corrected chi connectivity index (χ4v) is 3.02. The summed E-state index contributed by atoms with van der Waals surface area (Å²) in [6.45, 7) is 1.84. The quantitative estimate of drug-likeness (QED) is 0.211. The summed E-state index contributed by atoms with van der Waals surface area (Å²) in [5.41, 5.74) is 2.51. The lowest BCUT2D eigenvalue weighted by Gasteiger charge is -2.07. The van der Waals surface area contributed by atoms with Crippen LogP contribution in [0.3, 0.4) is 0 Å². The van der Waals surface area contributed by atoms with Crippen LogP contribution < -0.4 is 4.74 Å². The third-order valence-electron chi connectivity index (χ3n) is 4.09. The third-order valence-corrected chi connectivity index (χ3v) is 4.65. The van der Waals surface area contributed by atoms with Crippen molar-refractivity contribution < 1.29 is 14.3 Å². The highest BCUT2D eigenvalue weighted by atomic mass is 35.5. The van der Waals surface area contributed by atoms with Crippen LogP contribution in [0, 0.1) is 6.92 Å². The lowest BCUT2D eigenvalue weighted by molar-refractivity contribution is 0.0734. The fraction of sp³-hybridized carbons (Fsp3) is 0.0435. The Morgan fingerprint density at radius 3 is 2.32 bits per heavy atom. The van der Waals surface area contributed by atoms with Crippen molar-refractivity contribution in [1.29, 1.82) is 0 Å². The molecule has 140 valence electrons. The molecule has 0 bridgehead atoms. The van der Waals surface area contributed by atoms with Gasteiger partial charge in [-0.2, -0.15) is 0 Å². The molecule has 3 rings (SSSR count). The standard InChI is InChI=1S/C23H16Cl2O3/c1-15-4-2-3-5-20(15)23(27)28-19-11-7-17(8-12-19)22(26)13-9-16-6-10-18(24)14-21(16)25/h2-14H,1H3. The highest BCUT2D eigenvalue weighted by Gasteiger charge is 2.11. The molecule has 28 heavy (non-hydrogen) atoms. The molecule has 3 aromatic carbocycles. The van der Waals surface area contributed by atoms with E-state index in [4.69, 9.17) is 27.9 Å². The Hall–Kier alpha value is -2.88. The summed E-state index contributed by atoms with van der Waals surface area (Å²) in [7, 11) is 0. The Morgan fingerprint density at radius 2 is 1.64 bits per heavy atom. The lowest BCUT2D eigenvalue weighted by Crippen LogP contribution is -2.10. The molecule has 0 saturated carbocycles. The van der Waals surface area contributed by atoms with E-state index in [1.165, 1.54) is 6.08 Å². The van der Waals surface area contributed by atoms with Gasteiger partial charge in [0.15, 0.2) is 5.78 Å².